The Morgan fingerprint density at radius 1 is 0.565 bits per heavy atom. The molecule has 4 aromatic rings. The fraction of sp³-hybridized carbons (Fsp3) is 0.390. The first-order chi connectivity index (χ1) is 21.9. The van der Waals surface area contributed by atoms with Gasteiger partial charge in [0.2, 0.25) is 0 Å². The van der Waals surface area contributed by atoms with Crippen molar-refractivity contribution in [3.63, 3.8) is 0 Å². The van der Waals surface area contributed by atoms with Crippen LogP contribution < -0.4 is 20.7 Å². The van der Waals surface area contributed by atoms with Crippen LogP contribution >= 0.6 is 0 Å². The van der Waals surface area contributed by atoms with Crippen molar-refractivity contribution in [2.75, 3.05) is 13.2 Å². The topological polar surface area (TPSA) is 35.5 Å². The van der Waals surface area contributed by atoms with Gasteiger partial charge in [-0.25, -0.2) is 0 Å². The summed E-state index contributed by atoms with van der Waals surface area (Å²) in [4.78, 5) is 11.7. The van der Waals surface area contributed by atoms with Crippen molar-refractivity contribution in [2.45, 2.75) is 85.0 Å². The molecule has 4 aromatic carbocycles. The predicted molar refractivity (Wildman–Crippen MR) is 198 cm³/mol. The van der Waals surface area contributed by atoms with Crippen LogP contribution in [0, 0.1) is 5.92 Å². The molecule has 0 aliphatic heterocycles. The number of unbranched alkanes of at least 4 members (excludes halogenated alkanes) is 1. The summed E-state index contributed by atoms with van der Waals surface area (Å²) in [5.41, 5.74) is 2.86. The molecule has 5 heteroatoms. The molecule has 0 aromatic heterocycles. The lowest BCUT2D eigenvalue weighted by Gasteiger charge is -2.25. The van der Waals surface area contributed by atoms with E-state index in [4.69, 9.17) is 8.85 Å². The van der Waals surface area contributed by atoms with Crippen LogP contribution in [0.15, 0.2) is 109 Å². The quantitative estimate of drug-likeness (QED) is 0.103. The largest absolute Gasteiger partial charge is 0.407 e. The second kappa shape index (κ2) is 16.6. The third-order valence-electron chi connectivity index (χ3n) is 8.42. The third kappa shape index (κ3) is 10.7. The Morgan fingerprint density at radius 3 is 1.28 bits per heavy atom. The molecule has 0 aliphatic carbocycles. The van der Waals surface area contributed by atoms with E-state index in [1.54, 1.807) is 6.92 Å². The van der Waals surface area contributed by atoms with E-state index in [0.29, 0.717) is 19.6 Å². The number of hydrogen-bond donors (Lipinski definition) is 0. The number of carbonyl (C=O) groups is 1. The monoisotopic (exact) mass is 648 g/mol. The van der Waals surface area contributed by atoms with Crippen LogP contribution in [0.1, 0.15) is 85.3 Å². The summed E-state index contributed by atoms with van der Waals surface area (Å²) in [6, 6.07) is 39.4. The predicted octanol–water partition coefficient (Wildman–Crippen LogP) is 6.99. The summed E-state index contributed by atoms with van der Waals surface area (Å²) < 4.78 is 13.9. The van der Waals surface area contributed by atoms with Gasteiger partial charge in [0.15, 0.2) is 0 Å². The Balaban J connectivity index is 1.56. The van der Waals surface area contributed by atoms with Gasteiger partial charge in [0.25, 0.3) is 18.1 Å². The molecule has 0 unspecified atom stereocenters. The first kappa shape index (κ1) is 35.8. The molecule has 0 saturated heterocycles. The molecule has 46 heavy (non-hydrogen) atoms. The van der Waals surface area contributed by atoms with Crippen molar-refractivity contribution in [3.05, 3.63) is 120 Å². The van der Waals surface area contributed by atoms with Crippen LogP contribution in [-0.4, -0.2) is 37.1 Å². The number of ketones is 1. The Hall–Kier alpha value is -3.10. The van der Waals surface area contributed by atoms with E-state index >= 15 is 0 Å². The Bertz CT molecular complexity index is 1370. The van der Waals surface area contributed by atoms with Crippen LogP contribution in [0.2, 0.25) is 0 Å². The van der Waals surface area contributed by atoms with Crippen molar-refractivity contribution in [2.24, 2.45) is 5.92 Å². The van der Waals surface area contributed by atoms with Crippen molar-refractivity contribution in [3.8, 4) is 0 Å². The zero-order valence-corrected chi connectivity index (χ0v) is 30.9. The highest BCUT2D eigenvalue weighted by molar-refractivity contribution is 6.80. The highest BCUT2D eigenvalue weighted by Gasteiger charge is 2.26. The van der Waals surface area contributed by atoms with Gasteiger partial charge in [-0.1, -0.05) is 157 Å². The molecule has 4 rings (SSSR count). The summed E-state index contributed by atoms with van der Waals surface area (Å²) >= 11 is 0. The van der Waals surface area contributed by atoms with E-state index in [-0.39, 0.29) is 22.5 Å². The SMILES string of the molecule is CC(=O)CCCCC(CO[Si](c1ccccc1)c1ccc(C(C)(C)C)cc1)CO[Si](c1ccccc1)c1ccc(C(C)(C)C)cc1. The summed E-state index contributed by atoms with van der Waals surface area (Å²) in [6.45, 7) is 16.4. The van der Waals surface area contributed by atoms with Gasteiger partial charge in [-0.2, -0.15) is 0 Å². The summed E-state index contributed by atoms with van der Waals surface area (Å²) in [5, 5.41) is 5.02. The molecule has 3 nitrogen and oxygen atoms in total. The maximum atomic E-state index is 11.7. The van der Waals surface area contributed by atoms with Crippen LogP contribution in [0.4, 0.5) is 0 Å². The molecule has 0 fully saturated rings. The molecular weight excluding hydrogens is 597 g/mol. The molecule has 0 N–H and O–H groups in total. The van der Waals surface area contributed by atoms with Crippen LogP contribution in [-0.2, 0) is 24.5 Å². The summed E-state index contributed by atoms with van der Waals surface area (Å²) in [5.74, 6) is 0.479. The van der Waals surface area contributed by atoms with E-state index in [9.17, 15) is 4.79 Å². The van der Waals surface area contributed by atoms with E-state index in [1.165, 1.54) is 31.9 Å². The Kier molecular flexibility index (Phi) is 12.9. The number of rotatable bonds is 15. The molecule has 0 bridgehead atoms. The zero-order chi connectivity index (χ0) is 33.2. The van der Waals surface area contributed by atoms with Gasteiger partial charge in [0.1, 0.15) is 5.78 Å². The highest BCUT2D eigenvalue weighted by Crippen LogP contribution is 2.22. The van der Waals surface area contributed by atoms with E-state index in [1.807, 2.05) is 0 Å². The first-order valence-electron chi connectivity index (χ1n) is 16.7. The fourth-order valence-electron chi connectivity index (χ4n) is 5.51. The van der Waals surface area contributed by atoms with Crippen molar-refractivity contribution in [1.82, 2.24) is 0 Å². The Morgan fingerprint density at radius 2 is 0.935 bits per heavy atom. The molecule has 0 atom stereocenters. The molecular formula is C41H52O3Si2. The maximum absolute atomic E-state index is 11.7. The number of hydrogen-bond acceptors (Lipinski definition) is 3. The average molecular weight is 649 g/mol. The Labute approximate surface area is 281 Å². The highest BCUT2D eigenvalue weighted by atomic mass is 28.3. The third-order valence-corrected chi connectivity index (χ3v) is 12.8. The van der Waals surface area contributed by atoms with Gasteiger partial charge in [-0.3, -0.25) is 0 Å². The van der Waals surface area contributed by atoms with Gasteiger partial charge in [0.05, 0.1) is 0 Å². The van der Waals surface area contributed by atoms with Crippen molar-refractivity contribution in [1.29, 1.82) is 0 Å². The molecule has 0 amide bonds. The van der Waals surface area contributed by atoms with Crippen molar-refractivity contribution < 1.29 is 13.6 Å². The molecule has 2 radical (unpaired) electrons. The van der Waals surface area contributed by atoms with Gasteiger partial charge < -0.3 is 13.6 Å². The van der Waals surface area contributed by atoms with Crippen LogP contribution in [0.5, 0.6) is 0 Å². The number of benzene rings is 4. The van der Waals surface area contributed by atoms with Crippen LogP contribution in [0.25, 0.3) is 0 Å². The molecule has 0 heterocycles. The fourth-order valence-corrected chi connectivity index (χ4v) is 9.58. The van der Waals surface area contributed by atoms with E-state index < -0.39 is 18.1 Å². The normalized spacial score (nSPS) is 12.3. The van der Waals surface area contributed by atoms with Gasteiger partial charge in [0, 0.05) is 25.6 Å². The van der Waals surface area contributed by atoms with Gasteiger partial charge in [-0.15, -0.1) is 0 Å². The standard InChI is InChI=1S/C41H52O3Si2/c1-32(42)16-14-15-17-33(30-43-45(36-18-10-8-11-19-36)38-26-22-34(23-27-38)40(2,3)4)31-44-46(37-20-12-9-13-21-37)39-28-24-35(25-29-39)41(5,6)7/h8-13,18-29,33H,14-17,30-31H2,1-7H3. The van der Waals surface area contributed by atoms with Crippen molar-refractivity contribution >= 4 is 44.6 Å². The van der Waals surface area contributed by atoms with E-state index in [2.05, 4.69) is 151 Å². The smallest absolute Gasteiger partial charge is 0.282 e. The second-order valence-electron chi connectivity index (χ2n) is 14.5. The second-order valence-corrected chi connectivity index (χ2v) is 18.7. The minimum absolute atomic E-state index is 0.104. The minimum Gasteiger partial charge on any atom is -0.407 e. The first-order valence-corrected chi connectivity index (χ1v) is 19.5. The molecule has 0 aliphatic rings. The summed E-state index contributed by atoms with van der Waals surface area (Å²) in [6.07, 6.45) is 3.49. The lowest BCUT2D eigenvalue weighted by molar-refractivity contribution is -0.117. The summed E-state index contributed by atoms with van der Waals surface area (Å²) in [7, 11) is -2.92. The minimum atomic E-state index is -1.46. The average Bonchev–Trinajstić information content (AvgIpc) is 3.03. The van der Waals surface area contributed by atoms with Gasteiger partial charge in [-0.05, 0) is 62.5 Å². The van der Waals surface area contributed by atoms with E-state index in [0.717, 1.165) is 19.3 Å². The number of Topliss-reactive ketones (excluding diaryl/α,β-unsaturated/α-hetero) is 1. The maximum Gasteiger partial charge on any atom is 0.282 e. The zero-order valence-electron chi connectivity index (χ0n) is 28.9. The number of carbonyl (C=O) groups excluding carboxylic acids is 1. The molecule has 0 spiro atoms. The lowest BCUT2D eigenvalue weighted by Crippen LogP contribution is -2.47. The molecule has 0 saturated carbocycles. The lowest BCUT2D eigenvalue weighted by atomic mass is 9.87. The molecule has 242 valence electrons. The van der Waals surface area contributed by atoms with Crippen LogP contribution in [0.3, 0.4) is 0 Å². The van der Waals surface area contributed by atoms with Gasteiger partial charge >= 0.3 is 0 Å².